The van der Waals surface area contributed by atoms with Crippen molar-refractivity contribution in [2.75, 3.05) is 13.2 Å². The summed E-state index contributed by atoms with van der Waals surface area (Å²) in [5.74, 6) is -1.20. The minimum absolute atomic E-state index is 0.00565. The number of esters is 2. The molecular weight excluding hydrogens is 803 g/mol. The van der Waals surface area contributed by atoms with E-state index in [4.69, 9.17) is 18.5 Å². The second kappa shape index (κ2) is 37.2. The van der Waals surface area contributed by atoms with Gasteiger partial charge in [-0.25, -0.2) is 0 Å². The number of carbonyl (C=O) groups is 2. The van der Waals surface area contributed by atoms with Crippen LogP contribution in [-0.2, 0) is 32.7 Å². The van der Waals surface area contributed by atoms with Crippen molar-refractivity contribution < 1.29 is 63.1 Å². The molecule has 0 aliphatic heterocycles. The lowest BCUT2D eigenvalue weighted by atomic mass is 9.85. The van der Waals surface area contributed by atoms with Gasteiger partial charge in [-0.3, -0.25) is 14.2 Å². The molecule has 354 valence electrons. The van der Waals surface area contributed by atoms with E-state index in [0.717, 1.165) is 44.9 Å². The quantitative estimate of drug-likeness (QED) is 0.0170. The molecule has 6 atom stereocenters. The van der Waals surface area contributed by atoms with Crippen LogP contribution in [-0.4, -0.2) is 93.4 Å². The van der Waals surface area contributed by atoms with E-state index in [1.807, 2.05) is 12.2 Å². The highest BCUT2D eigenvalue weighted by atomic mass is 31.2. The molecule has 13 nitrogen and oxygen atoms in total. The SMILES string of the molecule is CCCCC/C=C\C/C=C\C/C=C\C/C=C\CCCC(=O)OC(COC(=O)CCCCCCCCCCCCCCCCC)COP(=O)([O-])OC1C(O)C(O)C(O)C(O)C1O. The van der Waals surface area contributed by atoms with Gasteiger partial charge >= 0.3 is 11.9 Å². The number of unbranched alkanes of at least 4 members (excludes halogenated alkanes) is 18. The molecule has 0 aromatic rings. The van der Waals surface area contributed by atoms with Gasteiger partial charge in [0.05, 0.1) is 6.61 Å². The second-order valence-electron chi connectivity index (χ2n) is 16.2. The second-order valence-corrected chi connectivity index (χ2v) is 17.6. The lowest BCUT2D eigenvalue weighted by Crippen LogP contribution is -2.64. The Morgan fingerprint density at radius 2 is 0.918 bits per heavy atom. The summed E-state index contributed by atoms with van der Waals surface area (Å²) in [6, 6.07) is 0. The number of hydrogen-bond donors (Lipinski definition) is 5. The van der Waals surface area contributed by atoms with Gasteiger partial charge in [-0.1, -0.05) is 165 Å². The van der Waals surface area contributed by atoms with Crippen molar-refractivity contribution in [2.45, 2.75) is 224 Å². The maximum Gasteiger partial charge on any atom is 0.306 e. The van der Waals surface area contributed by atoms with E-state index in [1.54, 1.807) is 0 Å². The maximum absolute atomic E-state index is 12.7. The fourth-order valence-electron chi connectivity index (χ4n) is 6.86. The highest BCUT2D eigenvalue weighted by molar-refractivity contribution is 7.45. The summed E-state index contributed by atoms with van der Waals surface area (Å²) >= 11 is 0. The largest absolute Gasteiger partial charge is 0.756 e. The molecule has 1 fully saturated rings. The zero-order valence-corrected chi connectivity index (χ0v) is 38.3. The normalized spacial score (nSPS) is 22.4. The summed E-state index contributed by atoms with van der Waals surface area (Å²) in [6.45, 7) is 3.14. The standard InChI is InChI=1S/C47H83O13P/c1-3-5-7-9-11-13-15-17-19-20-22-24-26-28-30-32-34-36-41(49)59-39(38-58-61(55,56)60-47-45(53)43(51)42(50)44(52)46(47)54)37-57-40(48)35-33-31-29-27-25-23-21-18-16-14-12-10-8-6-4-2/h11,13,17,19,22,24,28,30,39,42-47,50-54H,3-10,12,14-16,18,20-21,23,25-27,29,31-38H2,1-2H3,(H,55,56)/p-1/b13-11-,19-17-,24-22-,30-28-. The lowest BCUT2D eigenvalue weighted by Gasteiger charge is -2.43. The van der Waals surface area contributed by atoms with Crippen LogP contribution in [0.15, 0.2) is 48.6 Å². The van der Waals surface area contributed by atoms with E-state index >= 15 is 0 Å². The minimum Gasteiger partial charge on any atom is -0.756 e. The van der Waals surface area contributed by atoms with Crippen molar-refractivity contribution in [1.29, 1.82) is 0 Å². The molecule has 1 aliphatic carbocycles. The summed E-state index contributed by atoms with van der Waals surface area (Å²) < 4.78 is 33.1. The van der Waals surface area contributed by atoms with Gasteiger partial charge in [0.15, 0.2) is 6.10 Å². The summed E-state index contributed by atoms with van der Waals surface area (Å²) in [5.41, 5.74) is 0. The first-order valence-corrected chi connectivity index (χ1v) is 24.9. The predicted molar refractivity (Wildman–Crippen MR) is 237 cm³/mol. The van der Waals surface area contributed by atoms with Crippen LogP contribution in [0.2, 0.25) is 0 Å². The highest BCUT2D eigenvalue weighted by Crippen LogP contribution is 2.43. The topological polar surface area (TPSA) is 212 Å². The van der Waals surface area contributed by atoms with Gasteiger partial charge in [-0.15, -0.1) is 0 Å². The molecule has 0 spiro atoms. The number of aliphatic hydroxyl groups excluding tert-OH is 5. The number of hydrogen-bond acceptors (Lipinski definition) is 13. The van der Waals surface area contributed by atoms with Gasteiger partial charge < -0.3 is 48.9 Å². The van der Waals surface area contributed by atoms with E-state index < -0.39 is 75.7 Å². The Balaban J connectivity index is 2.50. The summed E-state index contributed by atoms with van der Waals surface area (Å²) in [7, 11) is -5.38. The van der Waals surface area contributed by atoms with Gasteiger partial charge in [-0.05, 0) is 51.4 Å². The third-order valence-corrected chi connectivity index (χ3v) is 11.6. The molecule has 1 rings (SSSR count). The first-order chi connectivity index (χ1) is 29.4. The van der Waals surface area contributed by atoms with Crippen LogP contribution in [0.3, 0.4) is 0 Å². The molecule has 5 N–H and O–H groups in total. The van der Waals surface area contributed by atoms with Crippen molar-refractivity contribution in [2.24, 2.45) is 0 Å². The maximum atomic E-state index is 12.7. The average Bonchev–Trinajstić information content (AvgIpc) is 3.24. The Labute approximate surface area is 367 Å². The van der Waals surface area contributed by atoms with Crippen molar-refractivity contribution in [3.05, 3.63) is 48.6 Å². The average molecular weight is 886 g/mol. The molecular formula is C47H82O13P-. The fraction of sp³-hybridized carbons (Fsp3) is 0.787. The molecule has 0 amide bonds. The lowest BCUT2D eigenvalue weighted by molar-refractivity contribution is -0.261. The van der Waals surface area contributed by atoms with E-state index in [9.17, 15) is 44.6 Å². The van der Waals surface area contributed by atoms with Gasteiger partial charge in [0.25, 0.3) is 7.82 Å². The molecule has 0 bridgehead atoms. The zero-order valence-electron chi connectivity index (χ0n) is 37.4. The van der Waals surface area contributed by atoms with Gasteiger partial charge in [0.1, 0.15) is 43.2 Å². The molecule has 6 unspecified atom stereocenters. The van der Waals surface area contributed by atoms with E-state index in [0.29, 0.717) is 19.3 Å². The van der Waals surface area contributed by atoms with E-state index in [2.05, 4.69) is 50.3 Å². The first-order valence-electron chi connectivity index (χ1n) is 23.4. The molecule has 1 aliphatic rings. The molecule has 14 heteroatoms. The number of allylic oxidation sites excluding steroid dienone is 8. The number of phosphoric ester groups is 1. The van der Waals surface area contributed by atoms with Crippen LogP contribution in [0, 0.1) is 0 Å². The monoisotopic (exact) mass is 886 g/mol. The Morgan fingerprint density at radius 1 is 0.525 bits per heavy atom. The molecule has 0 saturated heterocycles. The Hall–Kier alpha value is -2.19. The van der Waals surface area contributed by atoms with E-state index in [1.165, 1.54) is 89.9 Å². The summed E-state index contributed by atoms with van der Waals surface area (Å²) in [6.07, 6.45) is 29.8. The number of ether oxygens (including phenoxy) is 2. The summed E-state index contributed by atoms with van der Waals surface area (Å²) in [5, 5.41) is 50.0. The third kappa shape index (κ3) is 29.7. The molecule has 0 radical (unpaired) electrons. The van der Waals surface area contributed by atoms with Crippen LogP contribution in [0.4, 0.5) is 0 Å². The molecule has 0 aromatic carbocycles. The van der Waals surface area contributed by atoms with Crippen LogP contribution in [0.25, 0.3) is 0 Å². The minimum atomic E-state index is -5.38. The third-order valence-electron chi connectivity index (χ3n) is 10.7. The fourth-order valence-corrected chi connectivity index (χ4v) is 7.82. The van der Waals surface area contributed by atoms with Crippen LogP contribution in [0.1, 0.15) is 181 Å². The zero-order chi connectivity index (χ0) is 45.0. The number of carbonyl (C=O) groups excluding carboxylic acids is 2. The van der Waals surface area contributed by atoms with E-state index in [-0.39, 0.29) is 12.8 Å². The first kappa shape index (κ1) is 56.8. The molecule has 1 saturated carbocycles. The van der Waals surface area contributed by atoms with Crippen molar-refractivity contribution >= 4 is 19.8 Å². The van der Waals surface area contributed by atoms with Crippen molar-refractivity contribution in [3.8, 4) is 0 Å². The number of rotatable bonds is 38. The molecule has 0 aromatic heterocycles. The van der Waals surface area contributed by atoms with Gasteiger partial charge in [-0.2, -0.15) is 0 Å². The number of aliphatic hydroxyl groups is 5. The molecule has 61 heavy (non-hydrogen) atoms. The van der Waals surface area contributed by atoms with Crippen LogP contribution >= 0.6 is 7.82 Å². The van der Waals surface area contributed by atoms with Crippen molar-refractivity contribution in [1.82, 2.24) is 0 Å². The van der Waals surface area contributed by atoms with Gasteiger partial charge in [0.2, 0.25) is 0 Å². The smallest absolute Gasteiger partial charge is 0.306 e. The van der Waals surface area contributed by atoms with Crippen molar-refractivity contribution in [3.63, 3.8) is 0 Å². The Kier molecular flexibility index (Phi) is 34.7. The van der Waals surface area contributed by atoms with Gasteiger partial charge in [0, 0.05) is 12.8 Å². The molecule has 0 heterocycles. The highest BCUT2D eigenvalue weighted by Gasteiger charge is 2.50. The summed E-state index contributed by atoms with van der Waals surface area (Å²) in [4.78, 5) is 38.0. The Bertz CT molecular complexity index is 1250. The van der Waals surface area contributed by atoms with Crippen LogP contribution < -0.4 is 4.89 Å². The number of phosphoric acid groups is 1. The van der Waals surface area contributed by atoms with Crippen LogP contribution in [0.5, 0.6) is 0 Å². The predicted octanol–water partition coefficient (Wildman–Crippen LogP) is 8.54. The Morgan fingerprint density at radius 3 is 1.41 bits per heavy atom.